The largest absolute Gasteiger partial charge is 0.381 e. The van der Waals surface area contributed by atoms with Crippen LogP contribution in [0.1, 0.15) is 55.2 Å². The maximum Gasteiger partial charge on any atom is 0.233 e. The van der Waals surface area contributed by atoms with Crippen LogP contribution in [0, 0.1) is 12.8 Å². The summed E-state index contributed by atoms with van der Waals surface area (Å²) >= 11 is 0. The molecule has 0 N–H and O–H groups in total. The van der Waals surface area contributed by atoms with Crippen molar-refractivity contribution in [2.24, 2.45) is 5.92 Å². The smallest absolute Gasteiger partial charge is 0.233 e. The maximum absolute atomic E-state index is 14.3. The fourth-order valence-corrected chi connectivity index (χ4v) is 6.85. The van der Waals surface area contributed by atoms with Crippen molar-refractivity contribution in [1.82, 2.24) is 9.88 Å². The van der Waals surface area contributed by atoms with E-state index in [1.807, 2.05) is 12.4 Å². The van der Waals surface area contributed by atoms with Crippen LogP contribution in [0.5, 0.6) is 0 Å². The third kappa shape index (κ3) is 3.82. The molecule has 1 amide bonds. The van der Waals surface area contributed by atoms with Crippen molar-refractivity contribution in [1.29, 1.82) is 0 Å². The van der Waals surface area contributed by atoms with Crippen molar-refractivity contribution in [3.05, 3.63) is 77.6 Å². The standard InChI is InChI=1S/C30H34N2O2/c1-21-2-6-26(7-3-21)30(11-14-34-15-12-30)29(33)32-27-8-9-28(32)19-23(18-27)16-22-4-5-24-10-13-31-20-25(24)17-22/h2-7,10,13,17,20,23,27-28H,8-9,11-12,14-16,18-19H2,1H3/t27-,28-/m0/s1. The van der Waals surface area contributed by atoms with Gasteiger partial charge in [-0.3, -0.25) is 9.78 Å². The molecule has 0 aliphatic carbocycles. The highest BCUT2D eigenvalue weighted by Gasteiger charge is 2.51. The van der Waals surface area contributed by atoms with E-state index in [9.17, 15) is 4.79 Å². The molecule has 0 radical (unpaired) electrons. The van der Waals surface area contributed by atoms with Gasteiger partial charge in [-0.05, 0) is 86.4 Å². The van der Waals surface area contributed by atoms with E-state index in [0.29, 0.717) is 37.1 Å². The second-order valence-electron chi connectivity index (χ2n) is 10.8. The van der Waals surface area contributed by atoms with Gasteiger partial charge in [0.1, 0.15) is 0 Å². The third-order valence-electron chi connectivity index (χ3n) is 8.65. The van der Waals surface area contributed by atoms with Crippen LogP contribution in [-0.2, 0) is 21.4 Å². The van der Waals surface area contributed by atoms with Gasteiger partial charge in [-0.25, -0.2) is 0 Å². The number of rotatable bonds is 4. The van der Waals surface area contributed by atoms with Crippen LogP contribution in [0.2, 0.25) is 0 Å². The number of pyridine rings is 1. The summed E-state index contributed by atoms with van der Waals surface area (Å²) in [6.45, 7) is 3.45. The molecule has 176 valence electrons. The lowest BCUT2D eigenvalue weighted by Gasteiger charge is -2.46. The van der Waals surface area contributed by atoms with E-state index in [0.717, 1.165) is 44.9 Å². The molecule has 3 aromatic rings. The van der Waals surface area contributed by atoms with Crippen LogP contribution in [0.4, 0.5) is 0 Å². The van der Waals surface area contributed by atoms with E-state index in [-0.39, 0.29) is 0 Å². The van der Waals surface area contributed by atoms with Crippen molar-refractivity contribution < 1.29 is 9.53 Å². The zero-order valence-electron chi connectivity index (χ0n) is 20.1. The Labute approximate surface area is 202 Å². The number of carbonyl (C=O) groups excluding carboxylic acids is 1. The van der Waals surface area contributed by atoms with Gasteiger partial charge in [0.2, 0.25) is 5.91 Å². The lowest BCUT2D eigenvalue weighted by atomic mass is 9.71. The van der Waals surface area contributed by atoms with Gasteiger partial charge in [0.25, 0.3) is 0 Å². The highest BCUT2D eigenvalue weighted by atomic mass is 16.5. The molecular weight excluding hydrogens is 420 g/mol. The molecule has 4 heteroatoms. The monoisotopic (exact) mass is 454 g/mol. The topological polar surface area (TPSA) is 42.4 Å². The molecule has 3 aliphatic rings. The Bertz CT molecular complexity index is 1170. The highest BCUT2D eigenvalue weighted by molar-refractivity contribution is 5.89. The van der Waals surface area contributed by atoms with Crippen molar-refractivity contribution in [3.63, 3.8) is 0 Å². The molecule has 0 saturated carbocycles. The lowest BCUT2D eigenvalue weighted by molar-refractivity contribution is -0.146. The van der Waals surface area contributed by atoms with Gasteiger partial charge in [0.15, 0.2) is 0 Å². The van der Waals surface area contributed by atoms with Gasteiger partial charge in [0.05, 0.1) is 5.41 Å². The van der Waals surface area contributed by atoms with Crippen molar-refractivity contribution in [2.45, 2.75) is 69.4 Å². The molecule has 1 aromatic heterocycles. The molecule has 3 aliphatic heterocycles. The van der Waals surface area contributed by atoms with Crippen molar-refractivity contribution in [3.8, 4) is 0 Å². The van der Waals surface area contributed by atoms with Gasteiger partial charge in [-0.2, -0.15) is 0 Å². The Kier molecular flexibility index (Phi) is 5.65. The Morgan fingerprint density at radius 2 is 1.74 bits per heavy atom. The molecule has 34 heavy (non-hydrogen) atoms. The van der Waals surface area contributed by atoms with Gasteiger partial charge in [-0.15, -0.1) is 0 Å². The van der Waals surface area contributed by atoms with Crippen LogP contribution in [0.25, 0.3) is 10.8 Å². The molecule has 2 atom stereocenters. The fourth-order valence-electron chi connectivity index (χ4n) is 6.85. The molecule has 2 aromatic carbocycles. The SMILES string of the molecule is Cc1ccc(C2(C(=O)N3[C@H]4CC[C@H]3CC(Cc3ccc5ccncc5c3)C4)CCOCC2)cc1. The van der Waals surface area contributed by atoms with Crippen LogP contribution in [-0.4, -0.2) is 41.1 Å². The molecule has 6 rings (SSSR count). The lowest BCUT2D eigenvalue weighted by Crippen LogP contribution is -2.56. The quantitative estimate of drug-likeness (QED) is 0.515. The first-order valence-electron chi connectivity index (χ1n) is 12.9. The van der Waals surface area contributed by atoms with Crippen LogP contribution < -0.4 is 0 Å². The normalized spacial score (nSPS) is 26.0. The van der Waals surface area contributed by atoms with E-state index in [1.165, 1.54) is 27.5 Å². The van der Waals surface area contributed by atoms with E-state index in [4.69, 9.17) is 4.74 Å². The summed E-state index contributed by atoms with van der Waals surface area (Å²) < 4.78 is 5.72. The molecule has 0 spiro atoms. The highest BCUT2D eigenvalue weighted by Crippen LogP contribution is 2.45. The van der Waals surface area contributed by atoms with Gasteiger partial charge in [-0.1, -0.05) is 42.0 Å². The number of aromatic nitrogens is 1. The minimum absolute atomic E-state index is 0.363. The number of piperidine rings is 1. The van der Waals surface area contributed by atoms with Gasteiger partial charge >= 0.3 is 0 Å². The molecule has 3 fully saturated rings. The summed E-state index contributed by atoms with van der Waals surface area (Å²) in [4.78, 5) is 20.9. The van der Waals surface area contributed by atoms with E-state index in [2.05, 4.69) is 65.3 Å². The summed E-state index contributed by atoms with van der Waals surface area (Å²) in [6.07, 6.45) is 11.0. The Balaban J connectivity index is 1.22. The summed E-state index contributed by atoms with van der Waals surface area (Å²) in [5.74, 6) is 1.00. The van der Waals surface area contributed by atoms with E-state index in [1.54, 1.807) is 0 Å². The number of ether oxygens (including phenoxy) is 1. The van der Waals surface area contributed by atoms with Crippen molar-refractivity contribution in [2.75, 3.05) is 13.2 Å². The summed E-state index contributed by atoms with van der Waals surface area (Å²) in [7, 11) is 0. The molecule has 2 bridgehead atoms. The zero-order chi connectivity index (χ0) is 23.1. The third-order valence-corrected chi connectivity index (χ3v) is 8.65. The molecular formula is C30H34N2O2. The van der Waals surface area contributed by atoms with Crippen molar-refractivity contribution >= 4 is 16.7 Å². The first-order chi connectivity index (χ1) is 16.6. The predicted molar refractivity (Wildman–Crippen MR) is 135 cm³/mol. The van der Waals surface area contributed by atoms with Gasteiger partial charge in [0, 0.05) is 43.1 Å². The number of hydrogen-bond donors (Lipinski definition) is 0. The van der Waals surface area contributed by atoms with E-state index >= 15 is 0 Å². The predicted octanol–water partition coefficient (Wildman–Crippen LogP) is 5.60. The molecule has 0 unspecified atom stereocenters. The Hall–Kier alpha value is -2.72. The van der Waals surface area contributed by atoms with Crippen LogP contribution in [0.3, 0.4) is 0 Å². The minimum Gasteiger partial charge on any atom is -0.381 e. The van der Waals surface area contributed by atoms with Gasteiger partial charge < -0.3 is 9.64 Å². The summed E-state index contributed by atoms with van der Waals surface area (Å²) in [5.41, 5.74) is 3.39. The number of nitrogens with zero attached hydrogens (tertiary/aromatic N) is 2. The number of hydrogen-bond acceptors (Lipinski definition) is 3. The molecule has 4 heterocycles. The Morgan fingerprint density at radius 3 is 2.47 bits per heavy atom. The number of carbonyl (C=O) groups is 1. The molecule has 3 saturated heterocycles. The first-order valence-corrected chi connectivity index (χ1v) is 12.9. The number of benzene rings is 2. The number of fused-ring (bicyclic) bond motifs is 3. The second-order valence-corrected chi connectivity index (χ2v) is 10.8. The zero-order valence-corrected chi connectivity index (χ0v) is 20.1. The minimum atomic E-state index is -0.426. The van der Waals surface area contributed by atoms with Crippen LogP contribution >= 0.6 is 0 Å². The second kappa shape index (κ2) is 8.81. The average molecular weight is 455 g/mol. The van der Waals surface area contributed by atoms with Crippen LogP contribution in [0.15, 0.2) is 60.9 Å². The maximum atomic E-state index is 14.3. The number of aryl methyl sites for hydroxylation is 1. The Morgan fingerprint density at radius 1 is 1.00 bits per heavy atom. The molecule has 4 nitrogen and oxygen atoms in total. The summed E-state index contributed by atoms with van der Waals surface area (Å²) in [6, 6.07) is 18.3. The average Bonchev–Trinajstić information content (AvgIpc) is 3.14. The summed E-state index contributed by atoms with van der Waals surface area (Å²) in [5, 5.41) is 2.47. The first kappa shape index (κ1) is 21.8. The fraction of sp³-hybridized carbons (Fsp3) is 0.467. The number of amides is 1. The van der Waals surface area contributed by atoms with E-state index < -0.39 is 5.41 Å².